The Balaban J connectivity index is 1.71. The number of hydrogen-bond acceptors (Lipinski definition) is 5. The first kappa shape index (κ1) is 17.4. The lowest BCUT2D eigenvalue weighted by molar-refractivity contribution is 0.726. The molecule has 4 aromatic rings. The molecule has 2 heterocycles. The van der Waals surface area contributed by atoms with Crippen molar-refractivity contribution in [3.8, 4) is 5.95 Å². The van der Waals surface area contributed by atoms with E-state index in [0.29, 0.717) is 11.1 Å². The van der Waals surface area contributed by atoms with Crippen molar-refractivity contribution in [1.29, 1.82) is 0 Å². The molecule has 136 valence electrons. The summed E-state index contributed by atoms with van der Waals surface area (Å²) in [4.78, 5) is 0. The van der Waals surface area contributed by atoms with Crippen LogP contribution in [0.2, 0.25) is 0 Å². The third-order valence-corrected chi connectivity index (χ3v) is 5.54. The highest BCUT2D eigenvalue weighted by Gasteiger charge is 2.21. The quantitative estimate of drug-likeness (QED) is 0.425. The van der Waals surface area contributed by atoms with Gasteiger partial charge in [-0.1, -0.05) is 72.4 Å². The highest BCUT2D eigenvalue weighted by Crippen LogP contribution is 2.39. The van der Waals surface area contributed by atoms with E-state index in [-0.39, 0.29) is 5.25 Å². The number of hydrogen-bond donors (Lipinski definition) is 1. The molecule has 4 rings (SSSR count). The summed E-state index contributed by atoms with van der Waals surface area (Å²) in [6.07, 6.45) is 0. The molecule has 0 fully saturated rings. The summed E-state index contributed by atoms with van der Waals surface area (Å²) in [5, 5.41) is 13.7. The molecule has 2 N–H and O–H groups in total. The second-order valence-electron chi connectivity index (χ2n) is 6.31. The molecule has 0 aliphatic heterocycles. The highest BCUT2D eigenvalue weighted by atomic mass is 32.2. The van der Waals surface area contributed by atoms with Crippen molar-refractivity contribution in [2.75, 3.05) is 5.84 Å². The molecule has 0 saturated heterocycles. The second kappa shape index (κ2) is 7.28. The summed E-state index contributed by atoms with van der Waals surface area (Å²) >= 11 is 1.57. The molecule has 0 aliphatic carbocycles. The van der Waals surface area contributed by atoms with Gasteiger partial charge in [0, 0.05) is 5.69 Å². The van der Waals surface area contributed by atoms with Crippen molar-refractivity contribution in [1.82, 2.24) is 24.7 Å². The lowest BCUT2D eigenvalue weighted by Gasteiger charge is -2.17. The molecule has 0 unspecified atom stereocenters. The molecule has 27 heavy (non-hydrogen) atoms. The number of aromatic nitrogens is 5. The molecule has 2 aromatic heterocycles. The Bertz CT molecular complexity index is 1000. The van der Waals surface area contributed by atoms with Crippen LogP contribution in [0, 0.1) is 13.8 Å². The summed E-state index contributed by atoms with van der Waals surface area (Å²) < 4.78 is 3.22. The summed E-state index contributed by atoms with van der Waals surface area (Å²) in [5.74, 6) is 6.83. The van der Waals surface area contributed by atoms with Crippen LogP contribution < -0.4 is 5.84 Å². The maximum absolute atomic E-state index is 6.33. The van der Waals surface area contributed by atoms with Gasteiger partial charge in [0.15, 0.2) is 0 Å². The predicted octanol–water partition coefficient (Wildman–Crippen LogP) is 3.68. The third kappa shape index (κ3) is 3.46. The molecule has 6 nitrogen and oxygen atoms in total. The molecule has 0 amide bonds. The van der Waals surface area contributed by atoms with Gasteiger partial charge in [0.05, 0.1) is 10.9 Å². The molecule has 0 spiro atoms. The molecule has 0 aliphatic rings. The Morgan fingerprint density at radius 1 is 0.889 bits per heavy atom. The molecule has 2 aromatic carbocycles. The monoisotopic (exact) mass is 376 g/mol. The highest BCUT2D eigenvalue weighted by molar-refractivity contribution is 7.99. The zero-order valence-corrected chi connectivity index (χ0v) is 16.0. The van der Waals surface area contributed by atoms with Crippen LogP contribution in [-0.4, -0.2) is 24.7 Å². The fraction of sp³-hybridized carbons (Fsp3) is 0.150. The summed E-state index contributed by atoms with van der Waals surface area (Å²) in [6, 6.07) is 22.6. The molecule has 0 radical (unpaired) electrons. The molecular formula is C20H20N6S. The summed E-state index contributed by atoms with van der Waals surface area (Å²) in [6.45, 7) is 3.91. The van der Waals surface area contributed by atoms with E-state index in [1.165, 1.54) is 15.8 Å². The van der Waals surface area contributed by atoms with Gasteiger partial charge in [-0.2, -0.15) is 5.10 Å². The van der Waals surface area contributed by atoms with Gasteiger partial charge in [-0.15, -0.1) is 10.2 Å². The Labute approximate surface area is 162 Å². The SMILES string of the molecule is Cc1cc(C)n(-c2nnc(SC(c3ccccc3)c3ccccc3)n2N)n1. The fourth-order valence-corrected chi connectivity index (χ4v) is 4.10. The topological polar surface area (TPSA) is 74.5 Å². The van der Waals surface area contributed by atoms with Gasteiger partial charge in [0.25, 0.3) is 5.95 Å². The Morgan fingerprint density at radius 2 is 1.48 bits per heavy atom. The minimum absolute atomic E-state index is 0.0622. The maximum Gasteiger partial charge on any atom is 0.271 e. The van der Waals surface area contributed by atoms with Gasteiger partial charge in [0.1, 0.15) is 0 Å². The molecule has 7 heteroatoms. The van der Waals surface area contributed by atoms with Gasteiger partial charge >= 0.3 is 0 Å². The lowest BCUT2D eigenvalue weighted by atomic mass is 10.0. The van der Waals surface area contributed by atoms with Crippen LogP contribution in [0.5, 0.6) is 0 Å². The number of thioether (sulfide) groups is 1. The standard InChI is InChI=1S/C20H20N6S/c1-14-13-15(2)26(24-14)19-22-23-20(25(19)21)27-18(16-9-5-3-6-10-16)17-11-7-4-8-12-17/h3-13,18H,21H2,1-2H3. The molecular weight excluding hydrogens is 356 g/mol. The van der Waals surface area contributed by atoms with Crippen molar-refractivity contribution >= 4 is 11.8 Å². The molecule has 0 atom stereocenters. The first-order chi connectivity index (χ1) is 13.1. The van der Waals surface area contributed by atoms with Gasteiger partial charge in [-0.05, 0) is 31.0 Å². The van der Waals surface area contributed by atoms with E-state index >= 15 is 0 Å². The second-order valence-corrected chi connectivity index (χ2v) is 7.38. The number of nitrogens with zero attached hydrogens (tertiary/aromatic N) is 5. The first-order valence-corrected chi connectivity index (χ1v) is 9.52. The van der Waals surface area contributed by atoms with E-state index in [2.05, 4.69) is 39.6 Å². The van der Waals surface area contributed by atoms with Crippen molar-refractivity contribution in [2.45, 2.75) is 24.3 Å². The van der Waals surface area contributed by atoms with Gasteiger partial charge in [-0.3, -0.25) is 0 Å². The lowest BCUT2D eigenvalue weighted by Crippen LogP contribution is -2.17. The van der Waals surface area contributed by atoms with Crippen LogP contribution in [0.3, 0.4) is 0 Å². The van der Waals surface area contributed by atoms with Gasteiger partial charge in [0.2, 0.25) is 5.16 Å². The normalized spacial score (nSPS) is 11.2. The molecule has 0 saturated carbocycles. The van der Waals surface area contributed by atoms with Crippen LogP contribution in [0.25, 0.3) is 5.95 Å². The smallest absolute Gasteiger partial charge is 0.271 e. The zero-order chi connectivity index (χ0) is 18.8. The average molecular weight is 376 g/mol. The number of aryl methyl sites for hydroxylation is 2. The molecule has 0 bridgehead atoms. The van der Waals surface area contributed by atoms with Crippen molar-refractivity contribution < 1.29 is 0 Å². The zero-order valence-electron chi connectivity index (χ0n) is 15.1. The van der Waals surface area contributed by atoms with E-state index in [4.69, 9.17) is 5.84 Å². The number of rotatable bonds is 5. The van der Waals surface area contributed by atoms with Crippen LogP contribution in [0.1, 0.15) is 27.8 Å². The number of benzene rings is 2. The summed E-state index contributed by atoms with van der Waals surface area (Å²) in [5.41, 5.74) is 4.25. The largest absolute Gasteiger partial charge is 0.334 e. The predicted molar refractivity (Wildman–Crippen MR) is 107 cm³/mol. The van der Waals surface area contributed by atoms with E-state index in [1.807, 2.05) is 56.3 Å². The maximum atomic E-state index is 6.33. The number of nitrogens with two attached hydrogens (primary N) is 1. The van der Waals surface area contributed by atoms with Crippen LogP contribution in [0.15, 0.2) is 71.9 Å². The Kier molecular flexibility index (Phi) is 4.68. The first-order valence-electron chi connectivity index (χ1n) is 8.64. The van der Waals surface area contributed by atoms with Crippen LogP contribution in [0.4, 0.5) is 0 Å². The average Bonchev–Trinajstić information content (AvgIpc) is 3.22. The Morgan fingerprint density at radius 3 is 2.00 bits per heavy atom. The van der Waals surface area contributed by atoms with Crippen molar-refractivity contribution in [3.63, 3.8) is 0 Å². The minimum atomic E-state index is 0.0622. The van der Waals surface area contributed by atoms with Gasteiger partial charge in [-0.25, -0.2) is 9.36 Å². The van der Waals surface area contributed by atoms with E-state index < -0.39 is 0 Å². The van der Waals surface area contributed by atoms with E-state index in [1.54, 1.807) is 16.4 Å². The van der Waals surface area contributed by atoms with Gasteiger partial charge < -0.3 is 5.84 Å². The van der Waals surface area contributed by atoms with E-state index in [9.17, 15) is 0 Å². The number of nitrogen functional groups attached to an aromatic ring is 1. The third-order valence-electron chi connectivity index (χ3n) is 4.27. The Hall–Kier alpha value is -3.06. The van der Waals surface area contributed by atoms with Crippen molar-refractivity contribution in [2.24, 2.45) is 0 Å². The van der Waals surface area contributed by atoms with E-state index in [0.717, 1.165) is 11.4 Å². The van der Waals surface area contributed by atoms with Crippen molar-refractivity contribution in [3.05, 3.63) is 89.2 Å². The minimum Gasteiger partial charge on any atom is -0.334 e. The summed E-state index contributed by atoms with van der Waals surface area (Å²) in [7, 11) is 0. The van der Waals surface area contributed by atoms with Crippen LogP contribution >= 0.6 is 11.8 Å². The fourth-order valence-electron chi connectivity index (χ4n) is 3.02. The van der Waals surface area contributed by atoms with Crippen LogP contribution in [-0.2, 0) is 0 Å².